The van der Waals surface area contributed by atoms with E-state index in [0.29, 0.717) is 30.7 Å². The molecule has 5 heteroatoms. The molecule has 1 aliphatic heterocycles. The first-order valence-electron chi connectivity index (χ1n) is 9.42. The smallest absolute Gasteiger partial charge is 0.195 e. The standard InChI is InChI=1S/C23H19NO3S/c25-20(14-24-7-9-27-10-8-24)16-6-5-15-13-22-19(12-17(15)11-16)23(26)18-3-1-2-4-21(18)28-22/h1-6,11-13H,7-10,14H2. The quantitative estimate of drug-likeness (QED) is 0.391. The van der Waals surface area contributed by atoms with Crippen LogP contribution in [0.25, 0.3) is 30.9 Å². The van der Waals surface area contributed by atoms with E-state index < -0.39 is 0 Å². The summed E-state index contributed by atoms with van der Waals surface area (Å²) in [6, 6.07) is 17.5. The van der Waals surface area contributed by atoms with E-state index in [1.165, 1.54) is 0 Å². The number of carbonyl (C=O) groups is 1. The van der Waals surface area contributed by atoms with Crippen LogP contribution in [0.2, 0.25) is 0 Å². The number of carbonyl (C=O) groups excluding carboxylic acids is 1. The molecule has 0 aliphatic carbocycles. The van der Waals surface area contributed by atoms with Crippen LogP contribution < -0.4 is 5.43 Å². The zero-order valence-electron chi connectivity index (χ0n) is 15.3. The average Bonchev–Trinajstić information content (AvgIpc) is 2.73. The first kappa shape index (κ1) is 17.5. The van der Waals surface area contributed by atoms with Crippen molar-refractivity contribution < 1.29 is 9.53 Å². The minimum Gasteiger partial charge on any atom is -0.379 e. The van der Waals surface area contributed by atoms with Gasteiger partial charge >= 0.3 is 0 Å². The summed E-state index contributed by atoms with van der Waals surface area (Å²) in [5.74, 6) is 0.104. The fraction of sp³-hybridized carbons (Fsp3) is 0.217. The van der Waals surface area contributed by atoms with E-state index in [4.69, 9.17) is 4.74 Å². The molecule has 0 atom stereocenters. The maximum atomic E-state index is 12.9. The topological polar surface area (TPSA) is 46.6 Å². The fourth-order valence-corrected chi connectivity index (χ4v) is 4.87. The predicted molar refractivity (Wildman–Crippen MR) is 115 cm³/mol. The molecule has 1 aromatic heterocycles. The Morgan fingerprint density at radius 1 is 0.929 bits per heavy atom. The van der Waals surface area contributed by atoms with Crippen molar-refractivity contribution in [2.24, 2.45) is 0 Å². The van der Waals surface area contributed by atoms with Gasteiger partial charge in [-0.1, -0.05) is 24.3 Å². The molecule has 0 saturated carbocycles. The Hall–Kier alpha value is -2.60. The van der Waals surface area contributed by atoms with Crippen molar-refractivity contribution in [1.82, 2.24) is 4.90 Å². The van der Waals surface area contributed by atoms with Gasteiger partial charge in [0.1, 0.15) is 0 Å². The molecule has 0 spiro atoms. The van der Waals surface area contributed by atoms with Crippen LogP contribution in [0.1, 0.15) is 10.4 Å². The number of ketones is 1. The molecular formula is C23H19NO3S. The Labute approximate surface area is 166 Å². The number of benzene rings is 3. The number of fused-ring (bicyclic) bond motifs is 3. The highest BCUT2D eigenvalue weighted by Crippen LogP contribution is 2.29. The van der Waals surface area contributed by atoms with E-state index in [1.807, 2.05) is 48.5 Å². The van der Waals surface area contributed by atoms with Crippen molar-refractivity contribution in [2.45, 2.75) is 0 Å². The summed E-state index contributed by atoms with van der Waals surface area (Å²) in [6.07, 6.45) is 0. The van der Waals surface area contributed by atoms with Gasteiger partial charge in [-0.25, -0.2) is 0 Å². The average molecular weight is 389 g/mol. The molecule has 0 bridgehead atoms. The van der Waals surface area contributed by atoms with Gasteiger partial charge in [-0.05, 0) is 41.1 Å². The Morgan fingerprint density at radius 3 is 2.61 bits per heavy atom. The van der Waals surface area contributed by atoms with Gasteiger partial charge in [0.25, 0.3) is 0 Å². The van der Waals surface area contributed by atoms with Gasteiger partial charge in [0.15, 0.2) is 11.2 Å². The molecule has 1 fully saturated rings. The Bertz CT molecular complexity index is 1270. The molecule has 0 radical (unpaired) electrons. The van der Waals surface area contributed by atoms with Gasteiger partial charge in [-0.2, -0.15) is 0 Å². The number of ether oxygens (including phenoxy) is 1. The molecule has 1 aliphatic rings. The van der Waals surface area contributed by atoms with Gasteiger partial charge in [0.2, 0.25) is 0 Å². The zero-order valence-corrected chi connectivity index (χ0v) is 16.1. The van der Waals surface area contributed by atoms with Crippen LogP contribution >= 0.6 is 11.3 Å². The van der Waals surface area contributed by atoms with Gasteiger partial charge in [0.05, 0.1) is 19.8 Å². The van der Waals surface area contributed by atoms with Gasteiger partial charge in [0, 0.05) is 38.8 Å². The van der Waals surface area contributed by atoms with Crippen LogP contribution in [0, 0.1) is 0 Å². The normalized spacial score (nSPS) is 15.4. The van der Waals surface area contributed by atoms with E-state index >= 15 is 0 Å². The summed E-state index contributed by atoms with van der Waals surface area (Å²) >= 11 is 1.63. The van der Waals surface area contributed by atoms with Crippen molar-refractivity contribution in [3.05, 3.63) is 70.4 Å². The Balaban J connectivity index is 1.57. The molecule has 0 unspecified atom stereocenters. The van der Waals surface area contributed by atoms with Crippen molar-refractivity contribution in [2.75, 3.05) is 32.8 Å². The van der Waals surface area contributed by atoms with Crippen molar-refractivity contribution in [3.63, 3.8) is 0 Å². The lowest BCUT2D eigenvalue weighted by atomic mass is 10.0. The third-order valence-electron chi connectivity index (χ3n) is 5.33. The number of hydrogen-bond donors (Lipinski definition) is 0. The van der Waals surface area contributed by atoms with Crippen LogP contribution in [0.15, 0.2) is 59.4 Å². The highest BCUT2D eigenvalue weighted by molar-refractivity contribution is 7.24. The van der Waals surface area contributed by atoms with Crippen LogP contribution in [-0.4, -0.2) is 43.5 Å². The molecule has 3 aromatic carbocycles. The van der Waals surface area contributed by atoms with Crippen LogP contribution in [-0.2, 0) is 4.74 Å². The van der Waals surface area contributed by atoms with Gasteiger partial charge < -0.3 is 4.74 Å². The van der Waals surface area contributed by atoms with Gasteiger partial charge in [-0.3, -0.25) is 14.5 Å². The highest BCUT2D eigenvalue weighted by Gasteiger charge is 2.16. The maximum absolute atomic E-state index is 12.9. The molecule has 28 heavy (non-hydrogen) atoms. The molecule has 5 rings (SSSR count). The number of nitrogens with zero attached hydrogens (tertiary/aromatic N) is 1. The Kier molecular flexibility index (Phi) is 4.43. The van der Waals surface area contributed by atoms with Crippen LogP contribution in [0.5, 0.6) is 0 Å². The third-order valence-corrected chi connectivity index (χ3v) is 6.46. The van der Waals surface area contributed by atoms with Crippen molar-refractivity contribution in [3.8, 4) is 0 Å². The third kappa shape index (κ3) is 3.11. The molecule has 0 N–H and O–H groups in total. The molecule has 1 saturated heterocycles. The SMILES string of the molecule is O=C(CN1CCOCC1)c1ccc2cc3sc4ccccc4c(=O)c3cc2c1. The monoisotopic (exact) mass is 389 g/mol. The molecular weight excluding hydrogens is 370 g/mol. The van der Waals surface area contributed by atoms with E-state index in [-0.39, 0.29) is 11.2 Å². The van der Waals surface area contributed by atoms with E-state index in [0.717, 1.165) is 38.6 Å². The zero-order chi connectivity index (χ0) is 19.1. The lowest BCUT2D eigenvalue weighted by molar-refractivity contribution is 0.0371. The lowest BCUT2D eigenvalue weighted by Gasteiger charge is -2.25. The number of rotatable bonds is 3. The Morgan fingerprint density at radius 2 is 1.75 bits per heavy atom. The highest BCUT2D eigenvalue weighted by atomic mass is 32.1. The first-order chi connectivity index (χ1) is 13.7. The summed E-state index contributed by atoms with van der Waals surface area (Å²) in [7, 11) is 0. The molecule has 0 amide bonds. The summed E-state index contributed by atoms with van der Waals surface area (Å²) in [5.41, 5.74) is 0.742. The second kappa shape index (κ2) is 7.09. The summed E-state index contributed by atoms with van der Waals surface area (Å²) in [4.78, 5) is 27.8. The fourth-order valence-electron chi connectivity index (χ4n) is 3.77. The molecule has 4 nitrogen and oxygen atoms in total. The summed E-state index contributed by atoms with van der Waals surface area (Å²) in [5, 5.41) is 3.44. The van der Waals surface area contributed by atoms with E-state index in [1.54, 1.807) is 11.3 Å². The number of Topliss-reactive ketones (excluding diaryl/α,β-unsaturated/α-hetero) is 1. The summed E-state index contributed by atoms with van der Waals surface area (Å²) < 4.78 is 7.32. The van der Waals surface area contributed by atoms with Crippen molar-refractivity contribution in [1.29, 1.82) is 0 Å². The van der Waals surface area contributed by atoms with E-state index in [9.17, 15) is 9.59 Å². The first-order valence-corrected chi connectivity index (χ1v) is 10.2. The largest absolute Gasteiger partial charge is 0.379 e. The molecule has 140 valence electrons. The lowest BCUT2D eigenvalue weighted by Crippen LogP contribution is -2.39. The van der Waals surface area contributed by atoms with Crippen LogP contribution in [0.4, 0.5) is 0 Å². The van der Waals surface area contributed by atoms with Gasteiger partial charge in [-0.15, -0.1) is 11.3 Å². The maximum Gasteiger partial charge on any atom is 0.195 e. The molecule has 2 heterocycles. The minimum absolute atomic E-state index is 0.0521. The molecule has 4 aromatic rings. The summed E-state index contributed by atoms with van der Waals surface area (Å²) in [6.45, 7) is 3.34. The second-order valence-electron chi connectivity index (χ2n) is 7.15. The number of hydrogen-bond acceptors (Lipinski definition) is 5. The number of morpholine rings is 1. The predicted octanol–water partition coefficient (Wildman–Crippen LogP) is 4.08. The minimum atomic E-state index is 0.0521. The van der Waals surface area contributed by atoms with Crippen LogP contribution in [0.3, 0.4) is 0 Å². The van der Waals surface area contributed by atoms with E-state index in [2.05, 4.69) is 11.0 Å². The second-order valence-corrected chi connectivity index (χ2v) is 8.23. The van der Waals surface area contributed by atoms with Crippen molar-refractivity contribution >= 4 is 48.1 Å².